The molecule has 2 N–H and O–H groups in total. The number of aliphatic hydroxyl groups excluding tert-OH is 1. The van der Waals surface area contributed by atoms with Crippen molar-refractivity contribution in [2.75, 3.05) is 6.61 Å². The second kappa shape index (κ2) is 7.18. The summed E-state index contributed by atoms with van der Waals surface area (Å²) in [6, 6.07) is 7.91. The number of aromatic nitrogens is 2. The Hall–Kier alpha value is -2.14. The van der Waals surface area contributed by atoms with Crippen molar-refractivity contribution in [2.45, 2.75) is 45.6 Å². The van der Waals surface area contributed by atoms with Crippen LogP contribution in [-0.4, -0.2) is 33.2 Å². The molecule has 0 aliphatic heterocycles. The fraction of sp³-hybridized carbons (Fsp3) is 0.474. The third-order valence-electron chi connectivity index (χ3n) is 4.99. The Bertz CT molecular complexity index is 701. The number of aliphatic hydroxyl groups is 1. The Morgan fingerprint density at radius 1 is 1.29 bits per heavy atom. The lowest BCUT2D eigenvalue weighted by Crippen LogP contribution is -2.38. The van der Waals surface area contributed by atoms with Crippen LogP contribution in [0, 0.1) is 19.8 Å². The molecule has 2 aromatic heterocycles. The highest BCUT2D eigenvalue weighted by molar-refractivity contribution is 5.96. The van der Waals surface area contributed by atoms with Crippen molar-refractivity contribution in [3.8, 4) is 5.82 Å². The molecule has 2 aromatic rings. The monoisotopic (exact) mass is 327 g/mol. The fourth-order valence-corrected chi connectivity index (χ4v) is 3.58. The van der Waals surface area contributed by atoms with Gasteiger partial charge < -0.3 is 15.0 Å². The summed E-state index contributed by atoms with van der Waals surface area (Å²) in [6.45, 7) is 4.20. The predicted octanol–water partition coefficient (Wildman–Crippen LogP) is 2.77. The van der Waals surface area contributed by atoms with E-state index in [0.717, 1.165) is 42.9 Å². The quantitative estimate of drug-likeness (QED) is 0.907. The minimum Gasteiger partial charge on any atom is -0.396 e. The first-order valence-electron chi connectivity index (χ1n) is 8.62. The zero-order valence-electron chi connectivity index (χ0n) is 14.3. The number of nitrogens with zero attached hydrogens (tertiary/aromatic N) is 2. The van der Waals surface area contributed by atoms with Crippen LogP contribution >= 0.6 is 0 Å². The number of carbonyl (C=O) groups is 1. The van der Waals surface area contributed by atoms with Crippen LogP contribution in [0.1, 0.15) is 47.4 Å². The standard InChI is InChI=1S/C19H25N3O2/c1-13-11-17(14(2)22(13)18-5-3-4-10-20-18)19(24)21-16-8-6-15(12-23)7-9-16/h3-5,10-11,15-16,23H,6-9,12H2,1-2H3,(H,21,24). The minimum absolute atomic E-state index is 0.0160. The third kappa shape index (κ3) is 3.36. The van der Waals surface area contributed by atoms with Gasteiger partial charge in [-0.1, -0.05) is 6.07 Å². The number of pyridine rings is 1. The Morgan fingerprint density at radius 2 is 2.04 bits per heavy atom. The molecular weight excluding hydrogens is 302 g/mol. The van der Waals surface area contributed by atoms with Crippen molar-refractivity contribution in [2.24, 2.45) is 5.92 Å². The average molecular weight is 327 g/mol. The van der Waals surface area contributed by atoms with Gasteiger partial charge in [-0.05, 0) is 63.6 Å². The fourth-order valence-electron chi connectivity index (χ4n) is 3.58. The van der Waals surface area contributed by atoms with E-state index in [1.54, 1.807) is 6.20 Å². The summed E-state index contributed by atoms with van der Waals surface area (Å²) in [7, 11) is 0. The molecule has 0 atom stereocenters. The molecule has 5 nitrogen and oxygen atoms in total. The van der Waals surface area contributed by atoms with Gasteiger partial charge in [-0.25, -0.2) is 4.98 Å². The van der Waals surface area contributed by atoms with Gasteiger partial charge in [-0.3, -0.25) is 4.79 Å². The number of amides is 1. The highest BCUT2D eigenvalue weighted by atomic mass is 16.3. The molecule has 1 aliphatic rings. The van der Waals surface area contributed by atoms with Gasteiger partial charge in [0, 0.05) is 30.2 Å². The van der Waals surface area contributed by atoms with Crippen LogP contribution in [0.2, 0.25) is 0 Å². The predicted molar refractivity (Wildman–Crippen MR) is 93.3 cm³/mol. The second-order valence-corrected chi connectivity index (χ2v) is 6.68. The summed E-state index contributed by atoms with van der Waals surface area (Å²) in [5.41, 5.74) is 2.62. The van der Waals surface area contributed by atoms with Gasteiger partial charge in [0.05, 0.1) is 5.56 Å². The molecular formula is C19H25N3O2. The average Bonchev–Trinajstić information content (AvgIpc) is 2.91. The SMILES string of the molecule is Cc1cc(C(=O)NC2CCC(CO)CC2)c(C)n1-c1ccccn1. The van der Waals surface area contributed by atoms with Crippen LogP contribution in [0.5, 0.6) is 0 Å². The van der Waals surface area contributed by atoms with E-state index in [2.05, 4.69) is 10.3 Å². The van der Waals surface area contributed by atoms with Crippen molar-refractivity contribution in [1.82, 2.24) is 14.9 Å². The lowest BCUT2D eigenvalue weighted by atomic mass is 9.86. The van der Waals surface area contributed by atoms with Gasteiger partial charge in [0.25, 0.3) is 5.91 Å². The van der Waals surface area contributed by atoms with E-state index in [4.69, 9.17) is 0 Å². The molecule has 0 saturated heterocycles. The number of carbonyl (C=O) groups excluding carboxylic acids is 1. The Kier molecular flexibility index (Phi) is 5.00. The molecule has 0 bridgehead atoms. The minimum atomic E-state index is -0.0160. The molecule has 1 fully saturated rings. The van der Waals surface area contributed by atoms with E-state index in [0.29, 0.717) is 11.5 Å². The third-order valence-corrected chi connectivity index (χ3v) is 4.99. The number of aryl methyl sites for hydroxylation is 1. The van der Waals surface area contributed by atoms with Crippen molar-refractivity contribution >= 4 is 5.91 Å². The van der Waals surface area contributed by atoms with Crippen LogP contribution in [0.15, 0.2) is 30.5 Å². The number of hydrogen-bond acceptors (Lipinski definition) is 3. The first-order chi connectivity index (χ1) is 11.6. The van der Waals surface area contributed by atoms with Gasteiger partial charge in [-0.15, -0.1) is 0 Å². The topological polar surface area (TPSA) is 67.2 Å². The molecule has 1 saturated carbocycles. The lowest BCUT2D eigenvalue weighted by molar-refractivity contribution is 0.0913. The molecule has 0 aromatic carbocycles. The molecule has 1 aliphatic carbocycles. The van der Waals surface area contributed by atoms with Crippen LogP contribution in [-0.2, 0) is 0 Å². The molecule has 128 valence electrons. The molecule has 0 radical (unpaired) electrons. The summed E-state index contributed by atoms with van der Waals surface area (Å²) in [5.74, 6) is 1.21. The highest BCUT2D eigenvalue weighted by Crippen LogP contribution is 2.25. The van der Waals surface area contributed by atoms with Gasteiger partial charge in [0.1, 0.15) is 5.82 Å². The van der Waals surface area contributed by atoms with Crippen LogP contribution in [0.3, 0.4) is 0 Å². The number of hydrogen-bond donors (Lipinski definition) is 2. The van der Waals surface area contributed by atoms with Crippen molar-refractivity contribution < 1.29 is 9.90 Å². The number of nitrogens with one attached hydrogen (secondary N) is 1. The van der Waals surface area contributed by atoms with Gasteiger partial charge in [0.2, 0.25) is 0 Å². The molecule has 24 heavy (non-hydrogen) atoms. The Morgan fingerprint density at radius 3 is 2.67 bits per heavy atom. The van der Waals surface area contributed by atoms with Crippen LogP contribution in [0.4, 0.5) is 0 Å². The zero-order chi connectivity index (χ0) is 17.1. The summed E-state index contributed by atoms with van der Waals surface area (Å²) >= 11 is 0. The highest BCUT2D eigenvalue weighted by Gasteiger charge is 2.24. The largest absolute Gasteiger partial charge is 0.396 e. The van der Waals surface area contributed by atoms with E-state index in [-0.39, 0.29) is 18.6 Å². The normalized spacial score (nSPS) is 20.8. The van der Waals surface area contributed by atoms with Gasteiger partial charge in [0.15, 0.2) is 0 Å². The molecule has 2 heterocycles. The Labute approximate surface area is 142 Å². The van der Waals surface area contributed by atoms with Crippen molar-refractivity contribution in [3.05, 3.63) is 47.4 Å². The zero-order valence-corrected chi connectivity index (χ0v) is 14.3. The second-order valence-electron chi connectivity index (χ2n) is 6.68. The summed E-state index contributed by atoms with van der Waals surface area (Å²) in [5, 5.41) is 12.4. The van der Waals surface area contributed by atoms with E-state index in [1.165, 1.54) is 0 Å². The molecule has 1 amide bonds. The maximum Gasteiger partial charge on any atom is 0.253 e. The van der Waals surface area contributed by atoms with Gasteiger partial charge in [-0.2, -0.15) is 0 Å². The number of rotatable bonds is 4. The smallest absolute Gasteiger partial charge is 0.253 e. The molecule has 3 rings (SSSR count). The van der Waals surface area contributed by atoms with Crippen molar-refractivity contribution in [1.29, 1.82) is 0 Å². The Balaban J connectivity index is 1.75. The first kappa shape index (κ1) is 16.7. The van der Waals surface area contributed by atoms with Crippen LogP contribution in [0.25, 0.3) is 5.82 Å². The lowest BCUT2D eigenvalue weighted by Gasteiger charge is -2.27. The molecule has 0 unspecified atom stereocenters. The molecule has 0 spiro atoms. The van der Waals surface area contributed by atoms with Gasteiger partial charge >= 0.3 is 0 Å². The van der Waals surface area contributed by atoms with E-state index >= 15 is 0 Å². The summed E-state index contributed by atoms with van der Waals surface area (Å²) in [6.07, 6.45) is 5.60. The van der Waals surface area contributed by atoms with E-state index in [9.17, 15) is 9.90 Å². The van der Waals surface area contributed by atoms with Crippen molar-refractivity contribution in [3.63, 3.8) is 0 Å². The maximum absolute atomic E-state index is 12.7. The molecule has 5 heteroatoms. The van der Waals surface area contributed by atoms with E-state index < -0.39 is 0 Å². The summed E-state index contributed by atoms with van der Waals surface area (Å²) < 4.78 is 2.01. The maximum atomic E-state index is 12.7. The first-order valence-corrected chi connectivity index (χ1v) is 8.62. The van der Waals surface area contributed by atoms with Crippen LogP contribution < -0.4 is 5.32 Å². The summed E-state index contributed by atoms with van der Waals surface area (Å²) in [4.78, 5) is 17.1. The van der Waals surface area contributed by atoms with E-state index in [1.807, 2.05) is 42.7 Å².